The number of benzene rings is 1. The van der Waals surface area contributed by atoms with E-state index in [2.05, 4.69) is 10.0 Å². The lowest BCUT2D eigenvalue weighted by Gasteiger charge is -2.17. The fourth-order valence-corrected chi connectivity index (χ4v) is 2.74. The number of nitrogens with one attached hydrogen (secondary N) is 2. The molecule has 1 rings (SSSR count). The van der Waals surface area contributed by atoms with E-state index in [4.69, 9.17) is 0 Å². The van der Waals surface area contributed by atoms with Crippen molar-refractivity contribution in [2.45, 2.75) is 51.1 Å². The normalized spacial score (nSPS) is 14.6. The molecule has 1 aromatic rings. The Morgan fingerprint density at radius 1 is 1.20 bits per heavy atom. The average molecular weight is 298 g/mol. The molecule has 112 valence electrons. The molecule has 0 fully saturated rings. The van der Waals surface area contributed by atoms with E-state index in [1.54, 1.807) is 12.1 Å². The monoisotopic (exact) mass is 298 g/mol. The van der Waals surface area contributed by atoms with E-state index < -0.39 is 16.1 Å². The largest absolute Gasteiger partial charge is 0.352 e. The molecule has 0 aliphatic rings. The standard InChI is InChI=1S/C14H22N2O3S/c1-5-11(3)15-14(17)12(4)16-20(18,19)13-8-6-10(2)7-9-13/h6-9,11-12,16H,5H2,1-4H3,(H,15,17)/t11-,12-/m0/s1. The molecule has 2 N–H and O–H groups in total. The first-order chi connectivity index (χ1) is 9.26. The van der Waals surface area contributed by atoms with E-state index in [1.165, 1.54) is 19.1 Å². The summed E-state index contributed by atoms with van der Waals surface area (Å²) in [4.78, 5) is 12.0. The predicted octanol–water partition coefficient (Wildman–Crippen LogP) is 1.58. The van der Waals surface area contributed by atoms with Crippen molar-refractivity contribution in [2.24, 2.45) is 0 Å². The third-order valence-electron chi connectivity index (χ3n) is 3.06. The summed E-state index contributed by atoms with van der Waals surface area (Å²) in [5.74, 6) is -0.324. The summed E-state index contributed by atoms with van der Waals surface area (Å²) in [7, 11) is -3.67. The van der Waals surface area contributed by atoms with Gasteiger partial charge in [0.1, 0.15) is 0 Å². The Hall–Kier alpha value is -1.40. The van der Waals surface area contributed by atoms with Gasteiger partial charge < -0.3 is 5.32 Å². The van der Waals surface area contributed by atoms with Crippen LogP contribution in [0.3, 0.4) is 0 Å². The Kier molecular flexibility index (Phi) is 5.71. The quantitative estimate of drug-likeness (QED) is 0.837. The van der Waals surface area contributed by atoms with Crippen molar-refractivity contribution in [1.29, 1.82) is 0 Å². The molecule has 0 heterocycles. The number of carbonyl (C=O) groups is 1. The molecule has 0 aliphatic carbocycles. The van der Waals surface area contributed by atoms with Crippen molar-refractivity contribution >= 4 is 15.9 Å². The molecule has 0 radical (unpaired) electrons. The third kappa shape index (κ3) is 4.61. The lowest BCUT2D eigenvalue weighted by molar-refractivity contribution is -0.122. The summed E-state index contributed by atoms with van der Waals surface area (Å²) >= 11 is 0. The van der Waals surface area contributed by atoms with Crippen LogP contribution in [0.5, 0.6) is 0 Å². The van der Waals surface area contributed by atoms with Crippen LogP contribution < -0.4 is 10.0 Å². The van der Waals surface area contributed by atoms with Crippen LogP contribution in [0.25, 0.3) is 0 Å². The van der Waals surface area contributed by atoms with Gasteiger partial charge in [-0.15, -0.1) is 0 Å². The molecular formula is C14H22N2O3S. The Morgan fingerprint density at radius 2 is 1.75 bits per heavy atom. The van der Waals surface area contributed by atoms with Gasteiger partial charge >= 0.3 is 0 Å². The van der Waals surface area contributed by atoms with E-state index in [0.29, 0.717) is 0 Å². The zero-order chi connectivity index (χ0) is 15.3. The van der Waals surface area contributed by atoms with Crippen LogP contribution in [0.2, 0.25) is 0 Å². The smallest absolute Gasteiger partial charge is 0.241 e. The molecule has 5 nitrogen and oxygen atoms in total. The maximum Gasteiger partial charge on any atom is 0.241 e. The van der Waals surface area contributed by atoms with Crippen molar-refractivity contribution in [3.05, 3.63) is 29.8 Å². The van der Waals surface area contributed by atoms with Crippen molar-refractivity contribution in [3.63, 3.8) is 0 Å². The minimum Gasteiger partial charge on any atom is -0.352 e. The number of hydrogen-bond acceptors (Lipinski definition) is 3. The van der Waals surface area contributed by atoms with E-state index >= 15 is 0 Å². The molecule has 0 spiro atoms. The number of rotatable bonds is 6. The Labute approximate surface area is 120 Å². The third-order valence-corrected chi connectivity index (χ3v) is 4.61. The number of hydrogen-bond donors (Lipinski definition) is 2. The van der Waals surface area contributed by atoms with Crippen molar-refractivity contribution in [3.8, 4) is 0 Å². The molecule has 0 bridgehead atoms. The van der Waals surface area contributed by atoms with Gasteiger partial charge in [-0.3, -0.25) is 4.79 Å². The molecule has 1 aromatic carbocycles. The molecule has 1 amide bonds. The summed E-state index contributed by atoms with van der Waals surface area (Å²) in [6.07, 6.45) is 0.795. The number of sulfonamides is 1. The first-order valence-electron chi connectivity index (χ1n) is 6.65. The van der Waals surface area contributed by atoms with Crippen molar-refractivity contribution in [2.75, 3.05) is 0 Å². The summed E-state index contributed by atoms with van der Waals surface area (Å²) in [5.41, 5.74) is 0.978. The van der Waals surface area contributed by atoms with Gasteiger partial charge in [-0.05, 0) is 39.3 Å². The van der Waals surface area contributed by atoms with Crippen LogP contribution >= 0.6 is 0 Å². The zero-order valence-corrected chi connectivity index (χ0v) is 13.1. The topological polar surface area (TPSA) is 75.3 Å². The minimum atomic E-state index is -3.67. The maximum atomic E-state index is 12.1. The van der Waals surface area contributed by atoms with Gasteiger partial charge in [0, 0.05) is 6.04 Å². The second-order valence-electron chi connectivity index (χ2n) is 4.97. The highest BCUT2D eigenvalue weighted by Crippen LogP contribution is 2.10. The molecule has 0 aromatic heterocycles. The molecule has 0 unspecified atom stereocenters. The Bertz CT molecular complexity index is 552. The van der Waals surface area contributed by atoms with Gasteiger partial charge in [0.25, 0.3) is 0 Å². The summed E-state index contributed by atoms with van der Waals surface area (Å²) < 4.78 is 26.6. The molecule has 0 aliphatic heterocycles. The second kappa shape index (κ2) is 6.85. The molecular weight excluding hydrogens is 276 g/mol. The lowest BCUT2D eigenvalue weighted by atomic mass is 10.2. The number of carbonyl (C=O) groups excluding carboxylic acids is 1. The first-order valence-corrected chi connectivity index (χ1v) is 8.14. The number of amides is 1. The summed E-state index contributed by atoms with van der Waals surface area (Å²) in [6.45, 7) is 7.24. The summed E-state index contributed by atoms with van der Waals surface area (Å²) in [6, 6.07) is 5.70. The van der Waals surface area contributed by atoms with Crippen LogP contribution in [-0.4, -0.2) is 26.4 Å². The molecule has 6 heteroatoms. The molecule has 0 saturated heterocycles. The van der Waals surface area contributed by atoms with Crippen molar-refractivity contribution < 1.29 is 13.2 Å². The Morgan fingerprint density at radius 3 is 2.25 bits per heavy atom. The second-order valence-corrected chi connectivity index (χ2v) is 6.69. The van der Waals surface area contributed by atoms with Gasteiger partial charge in [0.15, 0.2) is 0 Å². The highest BCUT2D eigenvalue weighted by molar-refractivity contribution is 7.89. The summed E-state index contributed by atoms with van der Waals surface area (Å²) in [5, 5.41) is 2.75. The maximum absolute atomic E-state index is 12.1. The van der Waals surface area contributed by atoms with Crippen LogP contribution in [0.1, 0.15) is 32.8 Å². The number of aryl methyl sites for hydroxylation is 1. The first kappa shape index (κ1) is 16.7. The van der Waals surface area contributed by atoms with Crippen LogP contribution in [-0.2, 0) is 14.8 Å². The van der Waals surface area contributed by atoms with E-state index in [1.807, 2.05) is 20.8 Å². The fourth-order valence-electron chi connectivity index (χ4n) is 1.54. The highest BCUT2D eigenvalue weighted by Gasteiger charge is 2.22. The zero-order valence-electron chi connectivity index (χ0n) is 12.3. The molecule has 0 saturated carbocycles. The fraction of sp³-hybridized carbons (Fsp3) is 0.500. The van der Waals surface area contributed by atoms with E-state index in [9.17, 15) is 13.2 Å². The lowest BCUT2D eigenvalue weighted by Crippen LogP contribution is -2.47. The van der Waals surface area contributed by atoms with E-state index in [-0.39, 0.29) is 16.8 Å². The molecule has 20 heavy (non-hydrogen) atoms. The van der Waals surface area contributed by atoms with Gasteiger partial charge in [-0.2, -0.15) is 4.72 Å². The van der Waals surface area contributed by atoms with Gasteiger partial charge in [-0.25, -0.2) is 8.42 Å². The SMILES string of the molecule is CC[C@H](C)NC(=O)[C@H](C)NS(=O)(=O)c1ccc(C)cc1. The predicted molar refractivity (Wildman–Crippen MR) is 78.9 cm³/mol. The highest BCUT2D eigenvalue weighted by atomic mass is 32.2. The van der Waals surface area contributed by atoms with Crippen molar-refractivity contribution in [1.82, 2.24) is 10.0 Å². The van der Waals surface area contributed by atoms with Crippen LogP contribution in [0, 0.1) is 6.92 Å². The average Bonchev–Trinajstić information content (AvgIpc) is 2.38. The van der Waals surface area contributed by atoms with Gasteiger partial charge in [0.2, 0.25) is 15.9 Å². The van der Waals surface area contributed by atoms with E-state index in [0.717, 1.165) is 12.0 Å². The minimum absolute atomic E-state index is 0.0221. The van der Waals surface area contributed by atoms with Crippen LogP contribution in [0.4, 0.5) is 0 Å². The molecule has 2 atom stereocenters. The van der Waals surface area contributed by atoms with Gasteiger partial charge in [-0.1, -0.05) is 24.6 Å². The Balaban J connectivity index is 2.75. The van der Waals surface area contributed by atoms with Gasteiger partial charge in [0.05, 0.1) is 10.9 Å². The van der Waals surface area contributed by atoms with Crippen LogP contribution in [0.15, 0.2) is 29.2 Å².